The summed E-state index contributed by atoms with van der Waals surface area (Å²) < 4.78 is 13.2. The minimum absolute atomic E-state index is 0.109. The predicted molar refractivity (Wildman–Crippen MR) is 82.6 cm³/mol. The Balaban J connectivity index is 1.93. The SMILES string of the molecule is CCCN(CCc1cccc(F)c1)C(=O)C1CCCNC1. The van der Waals surface area contributed by atoms with E-state index in [4.69, 9.17) is 0 Å². The molecule has 0 aliphatic carbocycles. The van der Waals surface area contributed by atoms with Crippen molar-refractivity contribution in [3.63, 3.8) is 0 Å². The van der Waals surface area contributed by atoms with Crippen molar-refractivity contribution >= 4 is 5.91 Å². The minimum Gasteiger partial charge on any atom is -0.342 e. The molecule has 1 atom stereocenters. The smallest absolute Gasteiger partial charge is 0.226 e. The first-order valence-electron chi connectivity index (χ1n) is 7.94. The van der Waals surface area contributed by atoms with E-state index in [-0.39, 0.29) is 17.6 Å². The van der Waals surface area contributed by atoms with Gasteiger partial charge in [-0.2, -0.15) is 0 Å². The van der Waals surface area contributed by atoms with Crippen molar-refractivity contribution in [2.75, 3.05) is 26.2 Å². The lowest BCUT2D eigenvalue weighted by Crippen LogP contribution is -2.44. The molecule has 0 saturated carbocycles. The van der Waals surface area contributed by atoms with Crippen LogP contribution in [0.1, 0.15) is 31.7 Å². The Bertz CT molecular complexity index is 458. The van der Waals surface area contributed by atoms with Crippen LogP contribution >= 0.6 is 0 Å². The molecular weight excluding hydrogens is 267 g/mol. The van der Waals surface area contributed by atoms with Gasteiger partial charge in [0.1, 0.15) is 5.82 Å². The minimum atomic E-state index is -0.211. The second kappa shape index (κ2) is 8.13. The van der Waals surface area contributed by atoms with Gasteiger partial charge in [-0.05, 0) is 49.9 Å². The van der Waals surface area contributed by atoms with Crippen LogP contribution in [0.15, 0.2) is 24.3 Å². The van der Waals surface area contributed by atoms with E-state index in [9.17, 15) is 9.18 Å². The summed E-state index contributed by atoms with van der Waals surface area (Å²) in [6.07, 6.45) is 3.71. The lowest BCUT2D eigenvalue weighted by atomic mass is 9.97. The van der Waals surface area contributed by atoms with Crippen LogP contribution in [0.5, 0.6) is 0 Å². The maximum absolute atomic E-state index is 13.2. The summed E-state index contributed by atoms with van der Waals surface area (Å²) in [7, 11) is 0. The molecule has 2 rings (SSSR count). The van der Waals surface area contributed by atoms with E-state index >= 15 is 0 Å². The van der Waals surface area contributed by atoms with Gasteiger partial charge in [-0.3, -0.25) is 4.79 Å². The van der Waals surface area contributed by atoms with E-state index in [1.807, 2.05) is 11.0 Å². The Hall–Kier alpha value is -1.42. The van der Waals surface area contributed by atoms with Gasteiger partial charge in [0.05, 0.1) is 5.92 Å². The fourth-order valence-electron chi connectivity index (χ4n) is 2.88. The van der Waals surface area contributed by atoms with Gasteiger partial charge >= 0.3 is 0 Å². The highest BCUT2D eigenvalue weighted by molar-refractivity contribution is 5.79. The molecule has 1 aliphatic heterocycles. The molecule has 1 amide bonds. The van der Waals surface area contributed by atoms with Crippen molar-refractivity contribution in [2.45, 2.75) is 32.6 Å². The first-order valence-corrected chi connectivity index (χ1v) is 7.94. The van der Waals surface area contributed by atoms with Crippen LogP contribution in [0.3, 0.4) is 0 Å². The molecule has 1 aromatic rings. The quantitative estimate of drug-likeness (QED) is 0.874. The average molecular weight is 292 g/mol. The molecule has 4 heteroatoms. The molecule has 0 radical (unpaired) electrons. The van der Waals surface area contributed by atoms with Crippen LogP contribution < -0.4 is 5.32 Å². The summed E-state index contributed by atoms with van der Waals surface area (Å²) in [5.41, 5.74) is 0.950. The third-order valence-electron chi connectivity index (χ3n) is 4.01. The number of rotatable bonds is 6. The van der Waals surface area contributed by atoms with Gasteiger partial charge in [-0.15, -0.1) is 0 Å². The zero-order valence-electron chi connectivity index (χ0n) is 12.8. The maximum atomic E-state index is 13.2. The molecule has 1 saturated heterocycles. The molecule has 1 fully saturated rings. The highest BCUT2D eigenvalue weighted by Gasteiger charge is 2.25. The summed E-state index contributed by atoms with van der Waals surface area (Å²) >= 11 is 0. The van der Waals surface area contributed by atoms with Gasteiger partial charge in [-0.1, -0.05) is 19.1 Å². The lowest BCUT2D eigenvalue weighted by molar-refractivity contribution is -0.136. The van der Waals surface area contributed by atoms with Crippen molar-refractivity contribution in [2.24, 2.45) is 5.92 Å². The van der Waals surface area contributed by atoms with E-state index in [0.29, 0.717) is 13.0 Å². The second-order valence-electron chi connectivity index (χ2n) is 5.75. The molecule has 1 unspecified atom stereocenters. The summed E-state index contributed by atoms with van der Waals surface area (Å²) in [6.45, 7) is 5.35. The summed E-state index contributed by atoms with van der Waals surface area (Å²) in [6, 6.07) is 6.64. The van der Waals surface area contributed by atoms with Gasteiger partial charge in [0.15, 0.2) is 0 Å². The van der Waals surface area contributed by atoms with Crippen molar-refractivity contribution in [1.29, 1.82) is 0 Å². The molecule has 1 N–H and O–H groups in total. The number of carbonyl (C=O) groups excluding carboxylic acids is 1. The largest absolute Gasteiger partial charge is 0.342 e. The van der Waals surface area contributed by atoms with E-state index in [1.54, 1.807) is 12.1 Å². The van der Waals surface area contributed by atoms with Gasteiger partial charge in [0.2, 0.25) is 5.91 Å². The Kier molecular flexibility index (Phi) is 6.18. The third kappa shape index (κ3) is 4.81. The van der Waals surface area contributed by atoms with Gasteiger partial charge < -0.3 is 10.2 Å². The van der Waals surface area contributed by atoms with Crippen LogP contribution in [0, 0.1) is 11.7 Å². The van der Waals surface area contributed by atoms with Gasteiger partial charge in [-0.25, -0.2) is 4.39 Å². The zero-order valence-corrected chi connectivity index (χ0v) is 12.8. The van der Waals surface area contributed by atoms with Crippen LogP contribution in [0.2, 0.25) is 0 Å². The molecule has 1 aliphatic rings. The van der Waals surface area contributed by atoms with E-state index in [2.05, 4.69) is 12.2 Å². The molecule has 1 aromatic carbocycles. The maximum Gasteiger partial charge on any atom is 0.226 e. The van der Waals surface area contributed by atoms with Crippen molar-refractivity contribution < 1.29 is 9.18 Å². The number of hydrogen-bond acceptors (Lipinski definition) is 2. The number of piperidine rings is 1. The van der Waals surface area contributed by atoms with Crippen molar-refractivity contribution in [3.8, 4) is 0 Å². The number of hydrogen-bond donors (Lipinski definition) is 1. The number of halogens is 1. The van der Waals surface area contributed by atoms with Crippen LogP contribution in [0.4, 0.5) is 4.39 Å². The molecular formula is C17H25FN2O. The highest BCUT2D eigenvalue weighted by Crippen LogP contribution is 2.15. The zero-order chi connectivity index (χ0) is 15.1. The molecule has 116 valence electrons. The number of nitrogens with one attached hydrogen (secondary N) is 1. The Morgan fingerprint density at radius 1 is 1.43 bits per heavy atom. The topological polar surface area (TPSA) is 32.3 Å². The summed E-state index contributed by atoms with van der Waals surface area (Å²) in [5, 5.41) is 3.30. The molecule has 0 bridgehead atoms. The fourth-order valence-corrected chi connectivity index (χ4v) is 2.88. The molecule has 0 spiro atoms. The van der Waals surface area contributed by atoms with E-state index in [0.717, 1.165) is 44.5 Å². The van der Waals surface area contributed by atoms with Crippen LogP contribution in [0.25, 0.3) is 0 Å². The Labute approximate surface area is 126 Å². The Morgan fingerprint density at radius 3 is 2.95 bits per heavy atom. The molecule has 1 heterocycles. The number of amides is 1. The Morgan fingerprint density at radius 2 is 2.29 bits per heavy atom. The highest BCUT2D eigenvalue weighted by atomic mass is 19.1. The van der Waals surface area contributed by atoms with Gasteiger partial charge in [0, 0.05) is 19.6 Å². The first-order chi connectivity index (χ1) is 10.2. The molecule has 21 heavy (non-hydrogen) atoms. The lowest BCUT2D eigenvalue weighted by Gasteiger charge is -2.29. The predicted octanol–water partition coefficient (Wildman–Crippen LogP) is 2.61. The summed E-state index contributed by atoms with van der Waals surface area (Å²) in [5.74, 6) is 0.149. The summed E-state index contributed by atoms with van der Waals surface area (Å²) in [4.78, 5) is 14.5. The molecule has 0 aromatic heterocycles. The normalized spacial score (nSPS) is 18.5. The molecule has 3 nitrogen and oxygen atoms in total. The van der Waals surface area contributed by atoms with E-state index in [1.165, 1.54) is 6.07 Å². The number of benzene rings is 1. The van der Waals surface area contributed by atoms with Crippen LogP contribution in [-0.4, -0.2) is 37.0 Å². The number of carbonyl (C=O) groups is 1. The first kappa shape index (κ1) is 16.0. The van der Waals surface area contributed by atoms with Crippen LogP contribution in [-0.2, 0) is 11.2 Å². The second-order valence-corrected chi connectivity index (χ2v) is 5.75. The fraction of sp³-hybridized carbons (Fsp3) is 0.588. The van der Waals surface area contributed by atoms with Crippen molar-refractivity contribution in [1.82, 2.24) is 10.2 Å². The standard InChI is InChI=1S/C17H25FN2O/c1-2-10-20(17(21)15-6-4-9-19-13-15)11-8-14-5-3-7-16(18)12-14/h3,5,7,12,15,19H,2,4,6,8-11,13H2,1H3. The number of nitrogens with zero attached hydrogens (tertiary/aromatic N) is 1. The third-order valence-corrected chi connectivity index (χ3v) is 4.01. The van der Waals surface area contributed by atoms with Crippen molar-refractivity contribution in [3.05, 3.63) is 35.6 Å². The van der Waals surface area contributed by atoms with E-state index < -0.39 is 0 Å². The van der Waals surface area contributed by atoms with Gasteiger partial charge in [0.25, 0.3) is 0 Å². The monoisotopic (exact) mass is 292 g/mol. The average Bonchev–Trinajstić information content (AvgIpc) is 2.52.